The predicted octanol–water partition coefficient (Wildman–Crippen LogP) is 2.63. The van der Waals surface area contributed by atoms with Crippen LogP contribution < -0.4 is 0 Å². The number of aliphatic hydroxyl groups is 4. The van der Waals surface area contributed by atoms with Crippen molar-refractivity contribution in [2.75, 3.05) is 6.61 Å². The maximum atomic E-state index is 10.7. The Morgan fingerprint density at radius 3 is 2.30 bits per heavy atom. The summed E-state index contributed by atoms with van der Waals surface area (Å²) in [4.78, 5) is 0. The highest BCUT2D eigenvalue weighted by Crippen LogP contribution is 2.39. The summed E-state index contributed by atoms with van der Waals surface area (Å²) in [5.74, 6) is 0. The van der Waals surface area contributed by atoms with Gasteiger partial charge in [-0.3, -0.25) is 0 Å². The van der Waals surface area contributed by atoms with E-state index in [0.29, 0.717) is 5.02 Å². The first-order valence-corrected chi connectivity index (χ1v) is 11.0. The topological polar surface area (TPSA) is 90.2 Å². The van der Waals surface area contributed by atoms with Gasteiger partial charge in [0.25, 0.3) is 0 Å². The van der Waals surface area contributed by atoms with E-state index in [1.807, 2.05) is 31.2 Å². The van der Waals surface area contributed by atoms with E-state index in [-0.39, 0.29) is 0 Å². The second kappa shape index (κ2) is 8.95. The molecule has 2 unspecified atom stereocenters. The van der Waals surface area contributed by atoms with Crippen molar-refractivity contribution >= 4 is 11.6 Å². The van der Waals surface area contributed by atoms with Crippen LogP contribution in [0.2, 0.25) is 5.02 Å². The molecule has 4 N–H and O–H groups in total. The van der Waals surface area contributed by atoms with Gasteiger partial charge in [0.2, 0.25) is 0 Å². The molecule has 0 bridgehead atoms. The number of fused-ring (bicyclic) bond motifs is 1. The highest BCUT2D eigenvalue weighted by Gasteiger charge is 2.44. The molecule has 2 aromatic rings. The third-order valence-corrected chi connectivity index (χ3v) is 6.83. The van der Waals surface area contributed by atoms with Gasteiger partial charge in [-0.15, -0.1) is 0 Å². The normalized spacial score (nSPS) is 28.9. The maximum Gasteiger partial charge on any atom is 0.113 e. The SMILES string of the molecule is Cc1c([C@@H]2O[C@H](CO)C(O)[C@H](O)C2O)cc(Cc2ccc(Cl)cc2)c2c1CCCC2. The average Bonchev–Trinajstić information content (AvgIpc) is 2.76. The van der Waals surface area contributed by atoms with E-state index >= 15 is 0 Å². The van der Waals surface area contributed by atoms with Crippen molar-refractivity contribution in [1.82, 2.24) is 0 Å². The minimum atomic E-state index is -1.38. The van der Waals surface area contributed by atoms with Crippen LogP contribution in [0.4, 0.5) is 0 Å². The van der Waals surface area contributed by atoms with Crippen molar-refractivity contribution in [2.45, 2.75) is 69.5 Å². The fourth-order valence-corrected chi connectivity index (χ4v) is 4.99. The quantitative estimate of drug-likeness (QED) is 0.596. The van der Waals surface area contributed by atoms with E-state index < -0.39 is 37.1 Å². The molecule has 30 heavy (non-hydrogen) atoms. The van der Waals surface area contributed by atoms with Gasteiger partial charge >= 0.3 is 0 Å². The van der Waals surface area contributed by atoms with E-state index in [1.54, 1.807) is 0 Å². The van der Waals surface area contributed by atoms with Crippen LogP contribution in [0.5, 0.6) is 0 Å². The molecule has 1 aliphatic heterocycles. The zero-order chi connectivity index (χ0) is 21.4. The van der Waals surface area contributed by atoms with Gasteiger partial charge < -0.3 is 25.2 Å². The number of hydrogen-bond donors (Lipinski definition) is 4. The second-order valence-corrected chi connectivity index (χ2v) is 8.90. The minimum absolute atomic E-state index is 0.428. The molecule has 5 atom stereocenters. The molecule has 0 aromatic heterocycles. The predicted molar refractivity (Wildman–Crippen MR) is 115 cm³/mol. The van der Waals surface area contributed by atoms with Crippen molar-refractivity contribution in [3.05, 3.63) is 68.7 Å². The fourth-order valence-electron chi connectivity index (χ4n) is 4.86. The maximum absolute atomic E-state index is 10.7. The van der Waals surface area contributed by atoms with E-state index in [0.717, 1.165) is 48.8 Å². The lowest BCUT2D eigenvalue weighted by Crippen LogP contribution is -2.55. The average molecular weight is 433 g/mol. The molecule has 2 aliphatic rings. The zero-order valence-electron chi connectivity index (χ0n) is 17.1. The molecular formula is C24H29ClO5. The second-order valence-electron chi connectivity index (χ2n) is 8.47. The Balaban J connectivity index is 1.77. The summed E-state index contributed by atoms with van der Waals surface area (Å²) in [6.07, 6.45) is -0.722. The van der Waals surface area contributed by atoms with Gasteiger partial charge in [0.1, 0.15) is 30.5 Å². The van der Waals surface area contributed by atoms with Crippen LogP contribution >= 0.6 is 11.6 Å². The zero-order valence-corrected chi connectivity index (χ0v) is 17.8. The summed E-state index contributed by atoms with van der Waals surface area (Å²) in [5, 5.41) is 41.4. The number of aliphatic hydroxyl groups excluding tert-OH is 4. The summed E-state index contributed by atoms with van der Waals surface area (Å²) in [6, 6.07) is 9.88. The van der Waals surface area contributed by atoms with Crippen LogP contribution in [0.25, 0.3) is 0 Å². The standard InChI is InChI=1S/C24H29ClO5/c1-13-17-4-2-3-5-18(17)15(10-14-6-8-16(25)9-7-14)11-19(13)24-23(29)22(28)21(27)20(12-26)30-24/h6-9,11,20-24,26-29H,2-5,10,12H2,1H3/t20-,21?,22+,23?,24+/m1/s1. The molecular weight excluding hydrogens is 404 g/mol. The number of halogens is 1. The molecule has 0 radical (unpaired) electrons. The monoisotopic (exact) mass is 432 g/mol. The third-order valence-electron chi connectivity index (χ3n) is 6.58. The summed E-state index contributed by atoms with van der Waals surface area (Å²) < 4.78 is 5.88. The van der Waals surface area contributed by atoms with Gasteiger partial charge in [0.05, 0.1) is 6.61 Å². The molecule has 0 saturated carbocycles. The van der Waals surface area contributed by atoms with Gasteiger partial charge in [-0.2, -0.15) is 0 Å². The Morgan fingerprint density at radius 2 is 1.63 bits per heavy atom. The van der Waals surface area contributed by atoms with Crippen LogP contribution in [-0.4, -0.2) is 51.4 Å². The van der Waals surface area contributed by atoms with Crippen LogP contribution in [0, 0.1) is 6.92 Å². The smallest absolute Gasteiger partial charge is 0.113 e. The van der Waals surface area contributed by atoms with Crippen LogP contribution in [0.3, 0.4) is 0 Å². The first-order chi connectivity index (χ1) is 14.4. The fraction of sp³-hybridized carbons (Fsp3) is 0.500. The minimum Gasteiger partial charge on any atom is -0.394 e. The van der Waals surface area contributed by atoms with E-state index in [4.69, 9.17) is 16.3 Å². The first-order valence-electron chi connectivity index (χ1n) is 10.6. The number of rotatable bonds is 4. The van der Waals surface area contributed by atoms with Gasteiger partial charge in [-0.25, -0.2) is 0 Å². The van der Waals surface area contributed by atoms with E-state index in [9.17, 15) is 20.4 Å². The summed E-state index contributed by atoms with van der Waals surface area (Å²) in [5.41, 5.74) is 6.87. The van der Waals surface area contributed by atoms with Gasteiger partial charge in [0, 0.05) is 5.02 Å². The molecule has 2 aromatic carbocycles. The van der Waals surface area contributed by atoms with Crippen LogP contribution in [0.15, 0.2) is 30.3 Å². The van der Waals surface area contributed by atoms with Gasteiger partial charge in [-0.1, -0.05) is 29.8 Å². The lowest BCUT2D eigenvalue weighted by molar-refractivity contribution is -0.231. The van der Waals surface area contributed by atoms with Crippen molar-refractivity contribution < 1.29 is 25.2 Å². The molecule has 5 nitrogen and oxygen atoms in total. The molecule has 4 rings (SSSR count). The Kier molecular flexibility index (Phi) is 6.49. The molecule has 1 heterocycles. The largest absolute Gasteiger partial charge is 0.394 e. The summed E-state index contributed by atoms with van der Waals surface area (Å²) in [6.45, 7) is 1.61. The van der Waals surface area contributed by atoms with Gasteiger partial charge in [-0.05, 0) is 84.5 Å². The Bertz CT molecular complexity index is 895. The lowest BCUT2D eigenvalue weighted by Gasteiger charge is -2.41. The van der Waals surface area contributed by atoms with Crippen molar-refractivity contribution in [3.8, 4) is 0 Å². The summed E-state index contributed by atoms with van der Waals surface area (Å²) in [7, 11) is 0. The molecule has 162 valence electrons. The Hall–Kier alpha value is -1.47. The molecule has 0 amide bonds. The molecule has 1 aliphatic carbocycles. The number of benzene rings is 2. The van der Waals surface area contributed by atoms with Crippen LogP contribution in [-0.2, 0) is 24.0 Å². The van der Waals surface area contributed by atoms with Crippen molar-refractivity contribution in [3.63, 3.8) is 0 Å². The summed E-state index contributed by atoms with van der Waals surface area (Å²) >= 11 is 6.04. The number of hydrogen-bond acceptors (Lipinski definition) is 5. The Morgan fingerprint density at radius 1 is 0.967 bits per heavy atom. The lowest BCUT2D eigenvalue weighted by atomic mass is 9.79. The van der Waals surface area contributed by atoms with Crippen molar-refractivity contribution in [2.24, 2.45) is 0 Å². The molecule has 0 spiro atoms. The van der Waals surface area contributed by atoms with Crippen LogP contribution in [0.1, 0.15) is 52.3 Å². The molecule has 1 fully saturated rings. The molecule has 6 heteroatoms. The highest BCUT2D eigenvalue weighted by molar-refractivity contribution is 6.30. The highest BCUT2D eigenvalue weighted by atomic mass is 35.5. The number of ether oxygens (including phenoxy) is 1. The third kappa shape index (κ3) is 4.03. The first kappa shape index (κ1) is 21.8. The van der Waals surface area contributed by atoms with Crippen molar-refractivity contribution in [1.29, 1.82) is 0 Å². The molecule has 1 saturated heterocycles. The van der Waals surface area contributed by atoms with E-state index in [2.05, 4.69) is 6.07 Å². The van der Waals surface area contributed by atoms with E-state index in [1.165, 1.54) is 16.7 Å². The van der Waals surface area contributed by atoms with Gasteiger partial charge in [0.15, 0.2) is 0 Å². The Labute approximate surface area is 181 Å².